The van der Waals surface area contributed by atoms with Crippen LogP contribution in [0.3, 0.4) is 0 Å². The molecule has 2 unspecified atom stereocenters. The van der Waals surface area contributed by atoms with Gasteiger partial charge < -0.3 is 9.84 Å². The van der Waals surface area contributed by atoms with Crippen LogP contribution >= 0.6 is 11.6 Å². The number of piperidine rings is 1. The maximum atomic E-state index is 13.7. The number of nitrogens with one attached hydrogen (secondary N) is 1. The van der Waals surface area contributed by atoms with Gasteiger partial charge in [-0.2, -0.15) is 0 Å². The third kappa shape index (κ3) is 22.2. The van der Waals surface area contributed by atoms with Crippen LogP contribution in [0.15, 0.2) is 76.9 Å². The zero-order valence-corrected chi connectivity index (χ0v) is 53.5. The fourth-order valence-corrected chi connectivity index (χ4v) is 10.2. The van der Waals surface area contributed by atoms with Gasteiger partial charge in [-0.1, -0.05) is 130 Å². The molecule has 3 amide bonds. The van der Waals surface area contributed by atoms with E-state index in [0.29, 0.717) is 49.4 Å². The summed E-state index contributed by atoms with van der Waals surface area (Å²) in [5.41, 5.74) is 15.5. The summed E-state index contributed by atoms with van der Waals surface area (Å²) < 4.78 is 25.8. The summed E-state index contributed by atoms with van der Waals surface area (Å²) in [6.07, 6.45) is 14.6. The number of carboxylic acid groups (broad SMARTS) is 1. The van der Waals surface area contributed by atoms with Gasteiger partial charge in [-0.05, 0) is 163 Å². The number of carbonyl (C=O) groups is 4. The van der Waals surface area contributed by atoms with E-state index in [9.17, 15) is 18.8 Å². The van der Waals surface area contributed by atoms with Crippen LogP contribution in [0.25, 0.3) is 16.9 Å². The molecule has 0 spiro atoms. The molecule has 2 aliphatic heterocycles. The van der Waals surface area contributed by atoms with Crippen molar-refractivity contribution < 1.29 is 38.1 Å². The number of ether oxygens (including phenoxy) is 2. The van der Waals surface area contributed by atoms with E-state index in [-0.39, 0.29) is 43.2 Å². The predicted octanol–water partition coefficient (Wildman–Crippen LogP) is 17.1. The average Bonchev–Trinajstić information content (AvgIpc) is 4.03. The molecule has 13 heteroatoms. The van der Waals surface area contributed by atoms with E-state index in [1.165, 1.54) is 69.9 Å². The fraction of sp³-hybridized carbons (Fsp3) is 0.544. The van der Waals surface area contributed by atoms with Gasteiger partial charge in [0.2, 0.25) is 0 Å². The van der Waals surface area contributed by atoms with Crippen LogP contribution in [0.1, 0.15) is 232 Å². The molecule has 0 bridgehead atoms. The summed E-state index contributed by atoms with van der Waals surface area (Å²) >= 11 is 6.91. The third-order valence-electron chi connectivity index (χ3n) is 14.8. The van der Waals surface area contributed by atoms with Gasteiger partial charge in [0.25, 0.3) is 6.47 Å². The van der Waals surface area contributed by atoms with E-state index < -0.39 is 6.04 Å². The van der Waals surface area contributed by atoms with Gasteiger partial charge in [-0.15, -0.1) is 0 Å². The van der Waals surface area contributed by atoms with Crippen molar-refractivity contribution in [1.29, 1.82) is 0 Å². The molecule has 3 aliphatic rings. The van der Waals surface area contributed by atoms with E-state index in [4.69, 9.17) is 38.5 Å². The van der Waals surface area contributed by atoms with E-state index in [1.54, 1.807) is 34.1 Å². The van der Waals surface area contributed by atoms with Crippen molar-refractivity contribution in [2.24, 2.45) is 5.92 Å². The van der Waals surface area contributed by atoms with Crippen molar-refractivity contribution in [3.8, 4) is 5.75 Å². The number of carbonyl (C=O) groups excluding carboxylic acids is 3. The molecule has 447 valence electrons. The van der Waals surface area contributed by atoms with Crippen molar-refractivity contribution >= 4 is 65.8 Å². The van der Waals surface area contributed by atoms with Crippen molar-refractivity contribution in [3.63, 3.8) is 0 Å². The average molecular weight is 1140 g/mol. The first-order chi connectivity index (χ1) is 38.8. The third-order valence-corrected chi connectivity index (χ3v) is 15.1. The summed E-state index contributed by atoms with van der Waals surface area (Å²) in [4.78, 5) is 49.4. The van der Waals surface area contributed by atoms with Crippen molar-refractivity contribution in [1.82, 2.24) is 15.1 Å². The van der Waals surface area contributed by atoms with E-state index in [0.717, 1.165) is 90.3 Å². The van der Waals surface area contributed by atoms with E-state index in [2.05, 4.69) is 99.7 Å². The first-order valence-electron chi connectivity index (χ1n) is 30.1. The van der Waals surface area contributed by atoms with Gasteiger partial charge in [-0.25, -0.2) is 4.39 Å². The van der Waals surface area contributed by atoms with Crippen LogP contribution in [0.5, 0.6) is 5.75 Å². The number of hydrogen-bond acceptors (Lipinski definition) is 6. The number of amides is 3. The summed E-state index contributed by atoms with van der Waals surface area (Å²) in [6, 6.07) is 14.0. The Morgan fingerprint density at radius 2 is 1.54 bits per heavy atom. The Hall–Kier alpha value is -5.75. The Kier molecular flexibility index (Phi) is 35.9. The summed E-state index contributed by atoms with van der Waals surface area (Å²) in [6.45, 7) is 38.5. The second-order valence-electron chi connectivity index (χ2n) is 20.6. The first kappa shape index (κ1) is 73.3. The van der Waals surface area contributed by atoms with Crippen LogP contribution < -0.4 is 10.1 Å². The molecule has 10 nitrogen and oxygen atoms in total. The number of fused-ring (bicyclic) bond motifs is 2. The molecule has 1 radical (unpaired) electrons. The molecule has 0 saturated carbocycles. The van der Waals surface area contributed by atoms with Crippen LogP contribution in [0, 0.1) is 18.7 Å². The molecule has 3 aromatic carbocycles. The fourth-order valence-electron chi connectivity index (χ4n) is 9.86. The molecular formula is C68H101BClFN3O7. The topological polar surface area (TPSA) is 125 Å². The number of aryl methyl sites for hydroxylation is 1. The number of rotatable bonds is 21. The van der Waals surface area contributed by atoms with Crippen LogP contribution in [0.2, 0.25) is 5.02 Å². The molecule has 1 aliphatic carbocycles. The molecular weight excluding hydrogens is 1040 g/mol. The number of benzene rings is 3. The summed E-state index contributed by atoms with van der Waals surface area (Å²) in [5, 5.41) is 10.3. The Morgan fingerprint density at radius 1 is 0.901 bits per heavy atom. The quantitative estimate of drug-likeness (QED) is 0.0471. The molecule has 2 N–H and O–H groups in total. The SMILES string of the molecule is CC.CC.CC/C(C)=C(/CCCOC1=CCCc2cc(F)ccc21)c1ccc(Cl)c(/C(C(C)=C(C)C)=C(\C)CC)c1C.CCCC(C)CC.O=CO.[B]=C1CCC(N2Cc3c(OCC(=O)N(CCC)CCC)cccc3C2=O)C(=O)N1. The van der Waals surface area contributed by atoms with Crippen LogP contribution in [-0.2, 0) is 32.1 Å². The van der Waals surface area contributed by atoms with Crippen molar-refractivity contribution in [2.45, 2.75) is 214 Å². The summed E-state index contributed by atoms with van der Waals surface area (Å²) in [5.74, 6) is 1.64. The molecule has 0 aromatic heterocycles. The number of halogens is 2. The Morgan fingerprint density at radius 3 is 2.10 bits per heavy atom. The van der Waals surface area contributed by atoms with E-state index >= 15 is 0 Å². The number of nitrogens with zero attached hydrogens (tertiary/aromatic N) is 2. The van der Waals surface area contributed by atoms with E-state index in [1.807, 2.05) is 47.6 Å². The normalized spacial score (nSPS) is 14.8. The van der Waals surface area contributed by atoms with Crippen molar-refractivity contribution in [2.75, 3.05) is 26.3 Å². The standard InChI is InChI=1S/C35H44ClFO.C21H27BN3O4.C7H16.2C2H6.CH2O2/c1-9-23(5)29(14-12-20-38-33-15-11-13-27-21-28(37)16-17-31(27)33)30-18-19-32(36)35(26(30)8)34(24(6)10-2)25(7)22(3)4;1-3-10-24(11-4-2)19(26)13-29-17-7-5-6-14-15(17)12-25(21(14)28)16-8-9-18(22)23-20(16)27;1-4-6-7(3)5-2;2*1-2;2-1-3/h15-19,21H,9-14,20H2,1-8H3;5-7,16H,3-4,8-13H2,1-2H3,(H,23,27);7H,4-6H2,1-3H3;2*1-2H3;1H,(H,2,3)/b29-23-,34-24+;;;;;. The van der Waals surface area contributed by atoms with Gasteiger partial charge in [-0.3, -0.25) is 4.79 Å². The Balaban J connectivity index is 0.000000672. The molecule has 2 heterocycles. The zero-order valence-electron chi connectivity index (χ0n) is 52.8. The van der Waals surface area contributed by atoms with Gasteiger partial charge in [0.05, 0.1) is 6.61 Å². The molecule has 6 rings (SSSR count). The van der Waals surface area contributed by atoms with Crippen LogP contribution in [-0.4, -0.2) is 84.5 Å². The second kappa shape index (κ2) is 39.6. The van der Waals surface area contributed by atoms with Gasteiger partial charge >= 0.3 is 132 Å². The predicted molar refractivity (Wildman–Crippen MR) is 341 cm³/mol. The monoisotopic (exact) mass is 1140 g/mol. The zero-order chi connectivity index (χ0) is 61.4. The molecule has 1 saturated heterocycles. The Labute approximate surface area is 495 Å². The molecule has 81 heavy (non-hydrogen) atoms. The minimum absolute atomic E-state index is 0.0647. The molecule has 2 atom stereocenters. The Bertz CT molecular complexity index is 2630. The summed E-state index contributed by atoms with van der Waals surface area (Å²) in [7, 11) is 5.69. The van der Waals surface area contributed by atoms with Gasteiger partial charge in [0.15, 0.2) is 0 Å². The first-order valence-corrected chi connectivity index (χ1v) is 30.4. The second-order valence-corrected chi connectivity index (χ2v) is 21.0. The number of allylic oxidation sites excluding steroid dienone is 7. The van der Waals surface area contributed by atoms with Crippen molar-refractivity contribution in [3.05, 3.63) is 127 Å². The van der Waals surface area contributed by atoms with Gasteiger partial charge in [0.1, 0.15) is 11.6 Å². The number of hydrogen-bond donors (Lipinski definition) is 2. The minimum atomic E-state index is -0.554. The molecule has 1 fully saturated rings. The van der Waals surface area contributed by atoms with Gasteiger partial charge in [0, 0.05) is 29.2 Å². The molecule has 3 aromatic rings. The maximum absolute atomic E-state index is 13.7. The van der Waals surface area contributed by atoms with Crippen LogP contribution in [0.4, 0.5) is 4.39 Å².